The van der Waals surface area contributed by atoms with E-state index in [1.807, 2.05) is 72.8 Å². The zero-order chi connectivity index (χ0) is 18.6. The zero-order valence-corrected chi connectivity index (χ0v) is 14.8. The summed E-state index contributed by atoms with van der Waals surface area (Å²) in [6, 6.07) is 25.1. The van der Waals surface area contributed by atoms with Gasteiger partial charge in [-0.1, -0.05) is 42.5 Å². The first-order valence-electron chi connectivity index (χ1n) is 8.65. The van der Waals surface area contributed by atoms with Crippen LogP contribution in [-0.4, -0.2) is 15.9 Å². The molecule has 0 atom stereocenters. The van der Waals surface area contributed by atoms with Gasteiger partial charge in [-0.3, -0.25) is 4.79 Å². The molecule has 132 valence electrons. The number of hydrogen-bond acceptors (Lipinski definition) is 4. The summed E-state index contributed by atoms with van der Waals surface area (Å²) in [5.41, 5.74) is 3.43. The molecule has 0 bridgehead atoms. The average Bonchev–Trinajstić information content (AvgIpc) is 2.70. The maximum Gasteiger partial charge on any atom is 0.282 e. The summed E-state index contributed by atoms with van der Waals surface area (Å²) >= 11 is 0. The van der Waals surface area contributed by atoms with E-state index in [-0.39, 0.29) is 5.56 Å². The molecule has 0 aliphatic rings. The van der Waals surface area contributed by atoms with Gasteiger partial charge in [-0.15, -0.1) is 0 Å². The fourth-order valence-electron chi connectivity index (χ4n) is 2.84. The number of aromatic nitrogens is 2. The van der Waals surface area contributed by atoms with Crippen LogP contribution >= 0.6 is 0 Å². The average molecular weight is 354 g/mol. The number of aryl methyl sites for hydroxylation is 1. The molecule has 0 saturated carbocycles. The second kappa shape index (κ2) is 7.25. The van der Waals surface area contributed by atoms with Crippen molar-refractivity contribution in [1.29, 1.82) is 0 Å². The number of anilines is 2. The molecule has 3 aromatic carbocycles. The Labute approximate surface area is 156 Å². The molecule has 5 heteroatoms. The molecule has 0 unspecified atom stereocenters. The van der Waals surface area contributed by atoms with E-state index in [2.05, 4.69) is 15.4 Å². The highest BCUT2D eigenvalue weighted by Gasteiger charge is 2.06. The van der Waals surface area contributed by atoms with Gasteiger partial charge in [-0.25, -0.2) is 4.98 Å². The van der Waals surface area contributed by atoms with E-state index in [1.54, 1.807) is 19.2 Å². The van der Waals surface area contributed by atoms with Crippen LogP contribution in [-0.2, 0) is 0 Å². The highest BCUT2D eigenvalue weighted by Crippen LogP contribution is 2.16. The molecular formula is C22H18N4O. The Hall–Kier alpha value is -3.73. The lowest BCUT2D eigenvalue weighted by atomic mass is 10.2. The molecule has 27 heavy (non-hydrogen) atoms. The van der Waals surface area contributed by atoms with Gasteiger partial charge >= 0.3 is 0 Å². The lowest BCUT2D eigenvalue weighted by Gasteiger charge is -2.07. The first kappa shape index (κ1) is 16.7. The highest BCUT2D eigenvalue weighted by atomic mass is 16.1. The number of hydrogen-bond donors (Lipinski definition) is 1. The summed E-state index contributed by atoms with van der Waals surface area (Å²) in [5.74, 6) is 0.553. The van der Waals surface area contributed by atoms with Crippen molar-refractivity contribution in [3.05, 3.63) is 101 Å². The van der Waals surface area contributed by atoms with Crippen LogP contribution in [0.15, 0.2) is 88.8 Å². The standard InChI is InChI=1S/C22H18N4O/c1-16-24-21-10-6-5-9-20(21)22(27)26(16)23-15-17-11-13-19(14-12-17)25-18-7-3-2-4-8-18/h2-15,25H,1H3/b23-15+. The van der Waals surface area contributed by atoms with Crippen molar-refractivity contribution >= 4 is 28.5 Å². The number of para-hydroxylation sites is 2. The third-order valence-corrected chi connectivity index (χ3v) is 4.21. The molecule has 0 radical (unpaired) electrons. The summed E-state index contributed by atoms with van der Waals surface area (Å²) < 4.78 is 1.33. The van der Waals surface area contributed by atoms with Crippen molar-refractivity contribution in [3.8, 4) is 0 Å². The first-order chi connectivity index (χ1) is 13.2. The number of benzene rings is 3. The van der Waals surface area contributed by atoms with Crippen molar-refractivity contribution < 1.29 is 0 Å². The summed E-state index contributed by atoms with van der Waals surface area (Å²) in [6.45, 7) is 1.78. The molecule has 0 saturated heterocycles. The van der Waals surface area contributed by atoms with E-state index in [4.69, 9.17) is 0 Å². The zero-order valence-electron chi connectivity index (χ0n) is 14.8. The van der Waals surface area contributed by atoms with E-state index >= 15 is 0 Å². The van der Waals surface area contributed by atoms with Gasteiger partial charge in [0.15, 0.2) is 0 Å². The van der Waals surface area contributed by atoms with Gasteiger partial charge in [0, 0.05) is 11.4 Å². The topological polar surface area (TPSA) is 59.3 Å². The summed E-state index contributed by atoms with van der Waals surface area (Å²) in [4.78, 5) is 17.1. The van der Waals surface area contributed by atoms with Gasteiger partial charge in [0.1, 0.15) is 5.82 Å². The maximum atomic E-state index is 12.6. The van der Waals surface area contributed by atoms with Crippen LogP contribution in [0.5, 0.6) is 0 Å². The summed E-state index contributed by atoms with van der Waals surface area (Å²) in [5, 5.41) is 8.23. The van der Waals surface area contributed by atoms with E-state index in [1.165, 1.54) is 4.68 Å². The Morgan fingerprint density at radius 3 is 2.33 bits per heavy atom. The van der Waals surface area contributed by atoms with Crippen molar-refractivity contribution in [2.45, 2.75) is 6.92 Å². The van der Waals surface area contributed by atoms with Crippen molar-refractivity contribution in [1.82, 2.24) is 9.66 Å². The Morgan fingerprint density at radius 1 is 0.889 bits per heavy atom. The SMILES string of the molecule is Cc1nc2ccccc2c(=O)n1/N=C/c1ccc(Nc2ccccc2)cc1. The molecule has 0 aliphatic heterocycles. The smallest absolute Gasteiger partial charge is 0.282 e. The molecule has 1 N–H and O–H groups in total. The third-order valence-electron chi connectivity index (χ3n) is 4.21. The van der Waals surface area contributed by atoms with Gasteiger partial charge in [0.2, 0.25) is 0 Å². The minimum absolute atomic E-state index is 0.170. The van der Waals surface area contributed by atoms with E-state index < -0.39 is 0 Å². The van der Waals surface area contributed by atoms with Crippen LogP contribution in [0.4, 0.5) is 11.4 Å². The second-order valence-electron chi connectivity index (χ2n) is 6.15. The lowest BCUT2D eigenvalue weighted by molar-refractivity contribution is 0.771. The van der Waals surface area contributed by atoms with Gasteiger partial charge < -0.3 is 5.32 Å². The molecule has 0 fully saturated rings. The number of nitrogens with one attached hydrogen (secondary N) is 1. The van der Waals surface area contributed by atoms with E-state index in [0.717, 1.165) is 16.9 Å². The monoisotopic (exact) mass is 354 g/mol. The molecule has 0 aliphatic carbocycles. The second-order valence-corrected chi connectivity index (χ2v) is 6.15. The minimum atomic E-state index is -0.170. The predicted molar refractivity (Wildman–Crippen MR) is 110 cm³/mol. The highest BCUT2D eigenvalue weighted by molar-refractivity contribution is 5.81. The summed E-state index contributed by atoms with van der Waals surface area (Å²) in [7, 11) is 0. The van der Waals surface area contributed by atoms with Crippen molar-refractivity contribution in [3.63, 3.8) is 0 Å². The Balaban J connectivity index is 1.58. The van der Waals surface area contributed by atoms with Crippen LogP contribution in [0.1, 0.15) is 11.4 Å². The summed E-state index contributed by atoms with van der Waals surface area (Å²) in [6.07, 6.45) is 1.66. The van der Waals surface area contributed by atoms with Crippen molar-refractivity contribution in [2.75, 3.05) is 5.32 Å². The number of rotatable bonds is 4. The maximum absolute atomic E-state index is 12.6. The fourth-order valence-corrected chi connectivity index (χ4v) is 2.84. The first-order valence-corrected chi connectivity index (χ1v) is 8.65. The molecule has 1 aromatic heterocycles. The Kier molecular flexibility index (Phi) is 4.49. The molecular weight excluding hydrogens is 336 g/mol. The van der Waals surface area contributed by atoms with Gasteiger partial charge in [0.25, 0.3) is 5.56 Å². The van der Waals surface area contributed by atoms with Crippen LogP contribution in [0.2, 0.25) is 0 Å². The quantitative estimate of drug-likeness (QED) is 0.555. The van der Waals surface area contributed by atoms with Gasteiger partial charge in [-0.05, 0) is 48.9 Å². The number of fused-ring (bicyclic) bond motifs is 1. The molecule has 5 nitrogen and oxygen atoms in total. The van der Waals surface area contributed by atoms with E-state index in [0.29, 0.717) is 16.7 Å². The molecule has 4 rings (SSSR count). The predicted octanol–water partition coefficient (Wildman–Crippen LogP) is 4.33. The largest absolute Gasteiger partial charge is 0.356 e. The van der Waals surface area contributed by atoms with Gasteiger partial charge in [0.05, 0.1) is 17.1 Å². The molecule has 1 heterocycles. The fraction of sp³-hybridized carbons (Fsp3) is 0.0455. The van der Waals surface area contributed by atoms with Crippen LogP contribution in [0, 0.1) is 6.92 Å². The third kappa shape index (κ3) is 3.62. The molecule has 0 spiro atoms. The van der Waals surface area contributed by atoms with Crippen LogP contribution in [0.25, 0.3) is 10.9 Å². The Bertz CT molecular complexity index is 1160. The molecule has 0 amide bonds. The van der Waals surface area contributed by atoms with E-state index in [9.17, 15) is 4.79 Å². The Morgan fingerprint density at radius 2 is 1.56 bits per heavy atom. The van der Waals surface area contributed by atoms with Crippen LogP contribution in [0.3, 0.4) is 0 Å². The number of nitrogens with zero attached hydrogens (tertiary/aromatic N) is 3. The normalized spacial score (nSPS) is 11.1. The lowest BCUT2D eigenvalue weighted by Crippen LogP contribution is -2.20. The molecule has 4 aromatic rings. The van der Waals surface area contributed by atoms with Crippen LogP contribution < -0.4 is 10.9 Å². The minimum Gasteiger partial charge on any atom is -0.356 e. The van der Waals surface area contributed by atoms with Crippen molar-refractivity contribution in [2.24, 2.45) is 5.10 Å². The van der Waals surface area contributed by atoms with Gasteiger partial charge in [-0.2, -0.15) is 9.78 Å².